The van der Waals surface area contributed by atoms with Crippen molar-refractivity contribution in [2.45, 2.75) is 5.75 Å². The highest BCUT2D eigenvalue weighted by Crippen LogP contribution is 2.28. The summed E-state index contributed by atoms with van der Waals surface area (Å²) < 4.78 is 25.1. The Hall–Kier alpha value is -1.12. The highest BCUT2D eigenvalue weighted by molar-refractivity contribution is 7.98. The van der Waals surface area contributed by atoms with Crippen molar-refractivity contribution in [3.05, 3.63) is 63.1 Å². The summed E-state index contributed by atoms with van der Waals surface area (Å²) in [6.07, 6.45) is 1.05. The Morgan fingerprint density at radius 2 is 1.75 bits per heavy atom. The van der Waals surface area contributed by atoms with E-state index in [-0.39, 0.29) is 6.54 Å². The number of anilines is 1. The van der Waals surface area contributed by atoms with Crippen molar-refractivity contribution < 1.29 is 13.2 Å². The first kappa shape index (κ1) is 23.2. The van der Waals surface area contributed by atoms with Crippen molar-refractivity contribution in [2.75, 3.05) is 29.4 Å². The molecule has 0 heterocycles. The quantitative estimate of drug-likeness (QED) is 0.537. The third kappa shape index (κ3) is 7.04. The van der Waals surface area contributed by atoms with Crippen molar-refractivity contribution >= 4 is 68.2 Å². The van der Waals surface area contributed by atoms with Gasteiger partial charge in [-0.25, -0.2) is 8.42 Å². The first-order valence-electron chi connectivity index (χ1n) is 8.19. The Labute approximate surface area is 184 Å². The van der Waals surface area contributed by atoms with Gasteiger partial charge in [0.15, 0.2) is 0 Å². The number of hydrogen-bond donors (Lipinski definition) is 1. The van der Waals surface area contributed by atoms with E-state index in [0.717, 1.165) is 16.1 Å². The van der Waals surface area contributed by atoms with Gasteiger partial charge in [-0.05, 0) is 35.9 Å². The van der Waals surface area contributed by atoms with Crippen molar-refractivity contribution in [3.8, 4) is 0 Å². The maximum atomic E-state index is 12.2. The molecule has 0 saturated carbocycles. The van der Waals surface area contributed by atoms with Crippen LogP contribution in [0.2, 0.25) is 15.1 Å². The molecule has 2 aromatic rings. The van der Waals surface area contributed by atoms with Crippen molar-refractivity contribution in [2.24, 2.45) is 0 Å². The van der Waals surface area contributed by atoms with Crippen LogP contribution in [-0.4, -0.2) is 39.4 Å². The molecule has 1 N–H and O–H groups in total. The number of hydrogen-bond acceptors (Lipinski definition) is 4. The van der Waals surface area contributed by atoms with Crippen LogP contribution < -0.4 is 9.62 Å². The Morgan fingerprint density at radius 3 is 2.36 bits per heavy atom. The number of sulfonamides is 1. The average Bonchev–Trinajstić information content (AvgIpc) is 2.60. The fourth-order valence-electron chi connectivity index (χ4n) is 2.32. The lowest BCUT2D eigenvalue weighted by atomic mass is 10.2. The molecule has 0 aromatic heterocycles. The summed E-state index contributed by atoms with van der Waals surface area (Å²) in [5.74, 6) is 0.845. The van der Waals surface area contributed by atoms with E-state index < -0.39 is 15.9 Å². The van der Waals surface area contributed by atoms with E-state index in [2.05, 4.69) is 5.32 Å². The summed E-state index contributed by atoms with van der Waals surface area (Å²) in [6, 6.07) is 11.7. The Balaban J connectivity index is 1.85. The number of benzene rings is 2. The van der Waals surface area contributed by atoms with Gasteiger partial charge >= 0.3 is 0 Å². The molecule has 0 aliphatic heterocycles. The van der Waals surface area contributed by atoms with Gasteiger partial charge in [-0.1, -0.05) is 46.9 Å². The first-order valence-corrected chi connectivity index (χ1v) is 12.3. The van der Waals surface area contributed by atoms with Gasteiger partial charge in [-0.3, -0.25) is 9.10 Å². The molecule has 0 aliphatic carbocycles. The lowest BCUT2D eigenvalue weighted by Gasteiger charge is -2.22. The van der Waals surface area contributed by atoms with Crippen LogP contribution in [0.3, 0.4) is 0 Å². The predicted molar refractivity (Wildman–Crippen MR) is 119 cm³/mol. The van der Waals surface area contributed by atoms with E-state index in [9.17, 15) is 13.2 Å². The third-order valence-corrected chi connectivity index (χ3v) is 6.73. The maximum Gasteiger partial charge on any atom is 0.240 e. The largest absolute Gasteiger partial charge is 0.354 e. The van der Waals surface area contributed by atoms with E-state index in [0.29, 0.717) is 38.8 Å². The fourth-order valence-corrected chi connectivity index (χ4v) is 4.95. The number of carbonyl (C=O) groups excluding carboxylic acids is 1. The predicted octanol–water partition coefficient (Wildman–Crippen LogP) is 4.46. The van der Waals surface area contributed by atoms with Gasteiger partial charge in [0.2, 0.25) is 15.9 Å². The average molecular weight is 482 g/mol. The van der Waals surface area contributed by atoms with E-state index in [4.69, 9.17) is 34.8 Å². The molecule has 0 radical (unpaired) electrons. The Bertz CT molecular complexity index is 919. The summed E-state index contributed by atoms with van der Waals surface area (Å²) in [4.78, 5) is 12.2. The van der Waals surface area contributed by atoms with E-state index in [1.807, 2.05) is 0 Å². The summed E-state index contributed by atoms with van der Waals surface area (Å²) in [6.45, 7) is 0.0684. The Kier molecular flexibility index (Phi) is 8.77. The molecular formula is C18H19Cl3N2O3S2. The van der Waals surface area contributed by atoms with Crippen LogP contribution in [0.1, 0.15) is 5.56 Å². The molecule has 0 unspecified atom stereocenters. The molecule has 0 aliphatic rings. The minimum Gasteiger partial charge on any atom is -0.354 e. The van der Waals surface area contributed by atoms with Crippen molar-refractivity contribution in [1.82, 2.24) is 5.32 Å². The minimum absolute atomic E-state index is 0.319. The van der Waals surface area contributed by atoms with E-state index >= 15 is 0 Å². The lowest BCUT2D eigenvalue weighted by molar-refractivity contribution is -0.119. The zero-order valence-corrected chi connectivity index (χ0v) is 18.9. The van der Waals surface area contributed by atoms with Gasteiger partial charge in [0, 0.05) is 33.1 Å². The molecule has 0 fully saturated rings. The second kappa shape index (κ2) is 10.6. The second-order valence-electron chi connectivity index (χ2n) is 5.85. The molecule has 0 saturated heterocycles. The molecule has 10 heteroatoms. The van der Waals surface area contributed by atoms with Crippen LogP contribution in [0.4, 0.5) is 5.69 Å². The highest BCUT2D eigenvalue weighted by Gasteiger charge is 2.20. The first-order chi connectivity index (χ1) is 13.2. The minimum atomic E-state index is -3.63. The van der Waals surface area contributed by atoms with E-state index in [1.54, 1.807) is 48.2 Å². The fraction of sp³-hybridized carbons (Fsp3) is 0.278. The number of nitrogens with one attached hydrogen (secondary N) is 1. The summed E-state index contributed by atoms with van der Waals surface area (Å²) in [5.41, 5.74) is 1.19. The number of thioether (sulfide) groups is 1. The molecule has 2 rings (SSSR count). The monoisotopic (exact) mass is 480 g/mol. The maximum absolute atomic E-state index is 12.2. The van der Waals surface area contributed by atoms with Gasteiger partial charge in [-0.15, -0.1) is 0 Å². The molecule has 0 spiro atoms. The standard InChI is InChI=1S/C18H19Cl3N2O3S2/c1-28(25,26)23(14-5-2-4-13(19)10-14)11-18(24)22-8-9-27-12-15-16(20)6-3-7-17(15)21/h2-7,10H,8-9,11-12H2,1H3,(H,22,24). The number of carbonyl (C=O) groups is 1. The molecule has 5 nitrogen and oxygen atoms in total. The molecule has 1 amide bonds. The summed E-state index contributed by atoms with van der Waals surface area (Å²) >= 11 is 19.7. The number of halogens is 3. The lowest BCUT2D eigenvalue weighted by Crippen LogP contribution is -2.41. The van der Waals surface area contributed by atoms with Gasteiger partial charge in [0.1, 0.15) is 6.54 Å². The molecular weight excluding hydrogens is 463 g/mol. The van der Waals surface area contributed by atoms with Crippen molar-refractivity contribution in [1.29, 1.82) is 0 Å². The van der Waals surface area contributed by atoms with Gasteiger partial charge in [0.05, 0.1) is 11.9 Å². The van der Waals surface area contributed by atoms with E-state index in [1.165, 1.54) is 6.07 Å². The van der Waals surface area contributed by atoms with Gasteiger partial charge < -0.3 is 5.32 Å². The van der Waals surface area contributed by atoms with Gasteiger partial charge in [-0.2, -0.15) is 11.8 Å². The third-order valence-electron chi connectivity index (χ3n) is 3.66. The number of rotatable bonds is 9. The van der Waals surface area contributed by atoms with Crippen LogP contribution in [0.5, 0.6) is 0 Å². The SMILES string of the molecule is CS(=O)(=O)N(CC(=O)NCCSCc1c(Cl)cccc1Cl)c1cccc(Cl)c1. The smallest absolute Gasteiger partial charge is 0.240 e. The highest BCUT2D eigenvalue weighted by atomic mass is 35.5. The second-order valence-corrected chi connectivity index (χ2v) is 10.1. The van der Waals surface area contributed by atoms with Crippen molar-refractivity contribution in [3.63, 3.8) is 0 Å². The molecule has 0 bridgehead atoms. The van der Waals surface area contributed by atoms with Crippen LogP contribution in [0.15, 0.2) is 42.5 Å². The molecule has 152 valence electrons. The topological polar surface area (TPSA) is 66.5 Å². The normalized spacial score (nSPS) is 11.3. The zero-order valence-electron chi connectivity index (χ0n) is 15.0. The van der Waals surface area contributed by atoms with Crippen LogP contribution in [-0.2, 0) is 20.6 Å². The number of nitrogens with zero attached hydrogens (tertiary/aromatic N) is 1. The van der Waals surface area contributed by atoms with Crippen LogP contribution >= 0.6 is 46.6 Å². The zero-order chi connectivity index (χ0) is 20.7. The number of amides is 1. The molecule has 0 atom stereocenters. The van der Waals surface area contributed by atoms with Crippen LogP contribution in [0, 0.1) is 0 Å². The summed E-state index contributed by atoms with van der Waals surface area (Å²) in [7, 11) is -3.63. The molecule has 2 aromatic carbocycles. The summed E-state index contributed by atoms with van der Waals surface area (Å²) in [5, 5.41) is 4.32. The Morgan fingerprint density at radius 1 is 1.11 bits per heavy atom. The van der Waals surface area contributed by atoms with Crippen LogP contribution in [0.25, 0.3) is 0 Å². The van der Waals surface area contributed by atoms with Gasteiger partial charge in [0.25, 0.3) is 0 Å². The molecule has 28 heavy (non-hydrogen) atoms.